The van der Waals surface area contributed by atoms with Crippen LogP contribution in [0.25, 0.3) is 0 Å². The van der Waals surface area contributed by atoms with Crippen LogP contribution in [0.1, 0.15) is 39.5 Å². The van der Waals surface area contributed by atoms with Gasteiger partial charge in [0.05, 0.1) is 13.5 Å². The lowest BCUT2D eigenvalue weighted by Gasteiger charge is -2.33. The third-order valence-corrected chi connectivity index (χ3v) is 5.03. The number of carbonyl (C=O) groups is 2. The smallest absolute Gasteiger partial charge is 0.307 e. The van der Waals surface area contributed by atoms with Crippen molar-refractivity contribution in [3.05, 3.63) is 0 Å². The highest BCUT2D eigenvalue weighted by atomic mass is 32.2. The summed E-state index contributed by atoms with van der Waals surface area (Å²) in [5.74, 6) is 1.81. The fourth-order valence-corrected chi connectivity index (χ4v) is 3.34. The summed E-state index contributed by atoms with van der Waals surface area (Å²) < 4.78 is 4.74. The maximum absolute atomic E-state index is 12.2. The molecule has 0 aromatic carbocycles. The first-order chi connectivity index (χ1) is 9.55. The molecular formula is C14H26N2O3S. The number of rotatable bonds is 7. The second-order valence-corrected chi connectivity index (χ2v) is 6.37. The maximum Gasteiger partial charge on any atom is 0.307 e. The van der Waals surface area contributed by atoms with Crippen molar-refractivity contribution in [2.24, 2.45) is 0 Å². The fourth-order valence-electron chi connectivity index (χ4n) is 2.39. The third kappa shape index (κ3) is 5.32. The lowest BCUT2D eigenvalue weighted by Crippen LogP contribution is -2.51. The van der Waals surface area contributed by atoms with Crippen LogP contribution in [-0.4, -0.2) is 48.6 Å². The van der Waals surface area contributed by atoms with Crippen LogP contribution >= 0.6 is 11.8 Å². The number of methoxy groups -OCH3 is 1. The predicted octanol–water partition coefficient (Wildman–Crippen LogP) is 1.32. The van der Waals surface area contributed by atoms with Gasteiger partial charge < -0.3 is 15.4 Å². The van der Waals surface area contributed by atoms with E-state index in [0.29, 0.717) is 6.42 Å². The Bertz CT molecular complexity index is 326. The summed E-state index contributed by atoms with van der Waals surface area (Å²) in [4.78, 5) is 23.7. The molecule has 0 radical (unpaired) electrons. The molecule has 1 amide bonds. The summed E-state index contributed by atoms with van der Waals surface area (Å²) >= 11 is 1.87. The molecular weight excluding hydrogens is 276 g/mol. The molecule has 1 unspecified atom stereocenters. The fraction of sp³-hybridized carbons (Fsp3) is 0.857. The number of hydrogen-bond acceptors (Lipinski definition) is 5. The van der Waals surface area contributed by atoms with Crippen molar-refractivity contribution in [1.29, 1.82) is 0 Å². The van der Waals surface area contributed by atoms with E-state index >= 15 is 0 Å². The lowest BCUT2D eigenvalue weighted by molar-refractivity contribution is -0.142. The van der Waals surface area contributed by atoms with E-state index in [2.05, 4.69) is 10.6 Å². The quantitative estimate of drug-likeness (QED) is 0.694. The molecule has 1 heterocycles. The van der Waals surface area contributed by atoms with Crippen LogP contribution in [-0.2, 0) is 14.3 Å². The Morgan fingerprint density at radius 3 is 2.60 bits per heavy atom. The van der Waals surface area contributed by atoms with Gasteiger partial charge in [-0.05, 0) is 12.8 Å². The molecule has 5 nitrogen and oxygen atoms in total. The molecule has 0 spiro atoms. The molecule has 1 saturated heterocycles. The van der Waals surface area contributed by atoms with Gasteiger partial charge in [-0.15, -0.1) is 0 Å². The normalized spacial score (nSPS) is 19.4. The Kier molecular flexibility index (Phi) is 7.37. The number of nitrogens with one attached hydrogen (secondary N) is 2. The molecule has 6 heteroatoms. The zero-order valence-electron chi connectivity index (χ0n) is 12.7. The molecule has 0 aliphatic carbocycles. The van der Waals surface area contributed by atoms with Gasteiger partial charge in [-0.2, -0.15) is 11.8 Å². The van der Waals surface area contributed by atoms with Crippen LogP contribution < -0.4 is 10.6 Å². The van der Waals surface area contributed by atoms with Gasteiger partial charge >= 0.3 is 5.97 Å². The first kappa shape index (κ1) is 17.3. The van der Waals surface area contributed by atoms with E-state index in [1.807, 2.05) is 25.6 Å². The summed E-state index contributed by atoms with van der Waals surface area (Å²) in [6, 6.07) is 0.235. The maximum atomic E-state index is 12.2. The minimum atomic E-state index is -0.480. The minimum Gasteiger partial charge on any atom is -0.469 e. The van der Waals surface area contributed by atoms with E-state index in [9.17, 15) is 9.59 Å². The van der Waals surface area contributed by atoms with Gasteiger partial charge in [0.2, 0.25) is 5.91 Å². The Hall–Kier alpha value is -0.750. The number of thioether (sulfide) groups is 1. The van der Waals surface area contributed by atoms with E-state index < -0.39 is 5.54 Å². The van der Waals surface area contributed by atoms with E-state index in [1.165, 1.54) is 7.11 Å². The Labute approximate surface area is 125 Å². The summed E-state index contributed by atoms with van der Waals surface area (Å²) in [6.45, 7) is 4.93. The number of esters is 1. The number of amides is 1. The molecule has 1 rings (SSSR count). The highest BCUT2D eigenvalue weighted by Gasteiger charge is 2.32. The molecule has 0 saturated carbocycles. The van der Waals surface area contributed by atoms with Crippen molar-refractivity contribution in [3.63, 3.8) is 0 Å². The molecule has 0 aromatic rings. The van der Waals surface area contributed by atoms with Crippen molar-refractivity contribution < 1.29 is 14.3 Å². The van der Waals surface area contributed by atoms with Gasteiger partial charge in [-0.3, -0.25) is 9.59 Å². The average Bonchev–Trinajstić information content (AvgIpc) is 2.47. The minimum absolute atomic E-state index is 0.0117. The van der Waals surface area contributed by atoms with Gasteiger partial charge in [0.1, 0.15) is 0 Å². The lowest BCUT2D eigenvalue weighted by atomic mass is 9.88. The zero-order chi connectivity index (χ0) is 15.0. The van der Waals surface area contributed by atoms with Crippen LogP contribution in [0.3, 0.4) is 0 Å². The SMILES string of the molecule is CCC(CC)(CC(=O)OC)NC(=O)CC1CSCCN1. The van der Waals surface area contributed by atoms with Crippen LogP contribution in [0, 0.1) is 0 Å². The third-order valence-electron chi connectivity index (χ3n) is 3.90. The van der Waals surface area contributed by atoms with Crippen LogP contribution in [0.4, 0.5) is 0 Å². The van der Waals surface area contributed by atoms with Crippen molar-refractivity contribution in [2.45, 2.75) is 51.1 Å². The monoisotopic (exact) mass is 302 g/mol. The Morgan fingerprint density at radius 2 is 2.10 bits per heavy atom. The molecule has 1 fully saturated rings. The second kappa shape index (κ2) is 8.52. The van der Waals surface area contributed by atoms with Crippen molar-refractivity contribution in [3.8, 4) is 0 Å². The standard InChI is InChI=1S/C14H26N2O3S/c1-4-14(5-2,9-13(18)19-3)16-12(17)8-11-10-20-7-6-15-11/h11,15H,4-10H2,1-3H3,(H,16,17). The summed E-state index contributed by atoms with van der Waals surface area (Å²) in [5.41, 5.74) is -0.480. The first-order valence-corrected chi connectivity index (χ1v) is 8.39. The van der Waals surface area contributed by atoms with Crippen LogP contribution in [0.5, 0.6) is 0 Å². The first-order valence-electron chi connectivity index (χ1n) is 7.24. The van der Waals surface area contributed by atoms with Crippen molar-refractivity contribution in [1.82, 2.24) is 10.6 Å². The molecule has 116 valence electrons. The molecule has 0 aromatic heterocycles. The van der Waals surface area contributed by atoms with Gasteiger partial charge in [0, 0.05) is 36.1 Å². The molecule has 1 aliphatic rings. The molecule has 1 aliphatic heterocycles. The molecule has 2 N–H and O–H groups in total. The largest absolute Gasteiger partial charge is 0.469 e. The van der Waals surface area contributed by atoms with Gasteiger partial charge in [-0.1, -0.05) is 13.8 Å². The highest BCUT2D eigenvalue weighted by molar-refractivity contribution is 7.99. The highest BCUT2D eigenvalue weighted by Crippen LogP contribution is 2.21. The Balaban J connectivity index is 2.54. The second-order valence-electron chi connectivity index (χ2n) is 5.22. The molecule has 20 heavy (non-hydrogen) atoms. The van der Waals surface area contributed by atoms with Crippen LogP contribution in [0.15, 0.2) is 0 Å². The van der Waals surface area contributed by atoms with Crippen molar-refractivity contribution >= 4 is 23.6 Å². The summed E-state index contributed by atoms with van der Waals surface area (Å²) in [7, 11) is 1.38. The van der Waals surface area contributed by atoms with E-state index in [1.54, 1.807) is 0 Å². The van der Waals surface area contributed by atoms with Gasteiger partial charge in [0.25, 0.3) is 0 Å². The molecule has 1 atom stereocenters. The van der Waals surface area contributed by atoms with Crippen molar-refractivity contribution in [2.75, 3.05) is 25.2 Å². The van der Waals surface area contributed by atoms with E-state index in [0.717, 1.165) is 30.9 Å². The summed E-state index contributed by atoms with van der Waals surface area (Å²) in [6.07, 6.45) is 2.14. The molecule has 0 bridgehead atoms. The van der Waals surface area contributed by atoms with E-state index in [-0.39, 0.29) is 24.3 Å². The topological polar surface area (TPSA) is 67.4 Å². The number of carbonyl (C=O) groups excluding carboxylic acids is 2. The van der Waals surface area contributed by atoms with Gasteiger partial charge in [0.15, 0.2) is 0 Å². The number of ether oxygens (including phenoxy) is 1. The number of hydrogen-bond donors (Lipinski definition) is 2. The Morgan fingerprint density at radius 1 is 1.40 bits per heavy atom. The summed E-state index contributed by atoms with van der Waals surface area (Å²) in [5, 5.41) is 6.40. The average molecular weight is 302 g/mol. The van der Waals surface area contributed by atoms with E-state index in [4.69, 9.17) is 4.74 Å². The zero-order valence-corrected chi connectivity index (χ0v) is 13.5. The predicted molar refractivity (Wildman–Crippen MR) is 81.8 cm³/mol. The van der Waals surface area contributed by atoms with Gasteiger partial charge in [-0.25, -0.2) is 0 Å². The van der Waals surface area contributed by atoms with Crippen LogP contribution in [0.2, 0.25) is 0 Å².